The summed E-state index contributed by atoms with van der Waals surface area (Å²) in [6.45, 7) is 1.65. The maximum Gasteiger partial charge on any atom is 0.267 e. The molecule has 2 aromatic carbocycles. The van der Waals surface area contributed by atoms with E-state index in [-0.39, 0.29) is 18.3 Å². The second-order valence-corrected chi connectivity index (χ2v) is 8.16. The highest BCUT2D eigenvalue weighted by atomic mass is 35.5. The van der Waals surface area contributed by atoms with Crippen molar-refractivity contribution in [3.63, 3.8) is 0 Å². The monoisotopic (exact) mass is 453 g/mol. The van der Waals surface area contributed by atoms with Gasteiger partial charge in [0.1, 0.15) is 4.91 Å². The van der Waals surface area contributed by atoms with Crippen molar-refractivity contribution >= 4 is 69.8 Å². The number of halogens is 3. The number of rotatable bonds is 3. The Kier molecular flexibility index (Phi) is 6.61. The van der Waals surface area contributed by atoms with Gasteiger partial charge in [-0.3, -0.25) is 9.79 Å². The Labute approximate surface area is 184 Å². The van der Waals surface area contributed by atoms with Gasteiger partial charge in [-0.25, -0.2) is 0 Å². The number of likely N-dealkylation sites (N-methyl/N-ethyl adjacent to an activating group) is 1. The van der Waals surface area contributed by atoms with Gasteiger partial charge in [0, 0.05) is 35.9 Å². The summed E-state index contributed by atoms with van der Waals surface area (Å²) in [7, 11) is 1.74. The molecule has 0 saturated carbocycles. The number of hydrogen-bond acceptors (Lipinski definition) is 4. The molecule has 0 radical (unpaired) electrons. The second kappa shape index (κ2) is 8.78. The van der Waals surface area contributed by atoms with Crippen molar-refractivity contribution in [1.29, 1.82) is 0 Å². The number of amides is 1. The van der Waals surface area contributed by atoms with Crippen LogP contribution in [0.25, 0.3) is 5.70 Å². The summed E-state index contributed by atoms with van der Waals surface area (Å²) >= 11 is 13.7. The van der Waals surface area contributed by atoms with Crippen molar-refractivity contribution in [3.8, 4) is 0 Å². The molecular weight excluding hydrogens is 437 g/mol. The molecule has 0 atom stereocenters. The van der Waals surface area contributed by atoms with Crippen LogP contribution in [0, 0.1) is 0 Å². The first-order chi connectivity index (χ1) is 13.0. The van der Waals surface area contributed by atoms with Gasteiger partial charge in [0.15, 0.2) is 5.17 Å². The van der Waals surface area contributed by atoms with Crippen LogP contribution < -0.4 is 4.90 Å². The zero-order valence-electron chi connectivity index (χ0n) is 15.1. The van der Waals surface area contributed by atoms with Crippen LogP contribution in [-0.4, -0.2) is 36.1 Å². The molecule has 146 valence electrons. The highest BCUT2D eigenvalue weighted by molar-refractivity contribution is 8.18. The lowest BCUT2D eigenvalue weighted by molar-refractivity contribution is -0.114. The van der Waals surface area contributed by atoms with E-state index in [4.69, 9.17) is 23.2 Å². The maximum atomic E-state index is 13.4. The van der Waals surface area contributed by atoms with Crippen molar-refractivity contribution in [2.24, 2.45) is 4.99 Å². The van der Waals surface area contributed by atoms with Crippen molar-refractivity contribution in [2.45, 2.75) is 6.42 Å². The topological polar surface area (TPSA) is 35.9 Å². The van der Waals surface area contributed by atoms with Gasteiger partial charge in [-0.05, 0) is 41.9 Å². The van der Waals surface area contributed by atoms with Crippen LogP contribution in [0.15, 0.2) is 58.4 Å². The molecule has 2 aliphatic rings. The Balaban J connectivity index is 0.00000225. The molecule has 28 heavy (non-hydrogen) atoms. The smallest absolute Gasteiger partial charge is 0.267 e. The number of hydrogen-bond donors (Lipinski definition) is 0. The number of nitrogens with zero attached hydrogens (tertiary/aromatic N) is 3. The van der Waals surface area contributed by atoms with Crippen molar-refractivity contribution in [1.82, 2.24) is 4.90 Å². The van der Waals surface area contributed by atoms with Gasteiger partial charge in [-0.1, -0.05) is 53.5 Å². The fourth-order valence-electron chi connectivity index (χ4n) is 3.17. The van der Waals surface area contributed by atoms with Crippen LogP contribution in [0.5, 0.6) is 0 Å². The molecule has 0 N–H and O–H groups in total. The predicted octanol–water partition coefficient (Wildman–Crippen LogP) is 5.56. The van der Waals surface area contributed by atoms with Crippen LogP contribution in [0.4, 0.5) is 5.69 Å². The standard InChI is InChI=1S/C20H17Cl2N3OS.ClH/c1-24(16-11-14(21)10-15(22)12-16)19(26)18-17(13-6-3-2-4-7-13)25-9-5-8-23-20(25)27-18;/h2-4,6-7,10-12H,5,8-9H2,1H3;1H. The second-order valence-electron chi connectivity index (χ2n) is 6.31. The van der Waals surface area contributed by atoms with Gasteiger partial charge in [0.25, 0.3) is 5.91 Å². The minimum Gasteiger partial charge on any atom is -0.319 e. The van der Waals surface area contributed by atoms with Gasteiger partial charge in [-0.2, -0.15) is 0 Å². The van der Waals surface area contributed by atoms with Gasteiger partial charge in [0.2, 0.25) is 0 Å². The zero-order valence-corrected chi connectivity index (χ0v) is 18.2. The molecule has 0 aliphatic carbocycles. The first kappa shape index (κ1) is 21.1. The van der Waals surface area contributed by atoms with Gasteiger partial charge < -0.3 is 9.80 Å². The first-order valence-corrected chi connectivity index (χ1v) is 10.2. The van der Waals surface area contributed by atoms with Gasteiger partial charge in [-0.15, -0.1) is 12.4 Å². The van der Waals surface area contributed by atoms with E-state index in [1.807, 2.05) is 30.3 Å². The summed E-state index contributed by atoms with van der Waals surface area (Å²) in [6.07, 6.45) is 0.974. The summed E-state index contributed by atoms with van der Waals surface area (Å²) in [5.41, 5.74) is 2.59. The normalized spacial score (nSPS) is 15.7. The van der Waals surface area contributed by atoms with Crippen LogP contribution >= 0.6 is 47.4 Å². The summed E-state index contributed by atoms with van der Waals surface area (Å²) in [6, 6.07) is 15.1. The molecule has 0 aromatic heterocycles. The van der Waals surface area contributed by atoms with Gasteiger partial charge >= 0.3 is 0 Å². The quantitative estimate of drug-likeness (QED) is 0.609. The first-order valence-electron chi connectivity index (χ1n) is 8.58. The molecule has 0 unspecified atom stereocenters. The van der Waals surface area contributed by atoms with Crippen LogP contribution in [0.3, 0.4) is 0 Å². The van der Waals surface area contributed by atoms with E-state index < -0.39 is 0 Å². The predicted molar refractivity (Wildman–Crippen MR) is 122 cm³/mol. The lowest BCUT2D eigenvalue weighted by Gasteiger charge is -2.25. The van der Waals surface area contributed by atoms with E-state index in [0.717, 1.165) is 35.9 Å². The molecule has 8 heteroatoms. The molecule has 2 heterocycles. The van der Waals surface area contributed by atoms with Crippen LogP contribution in [-0.2, 0) is 4.79 Å². The average molecular weight is 455 g/mol. The SMILES string of the molecule is CN(C(=O)C1=C(c2ccccc2)N2CCCN=C2S1)c1cc(Cl)cc(Cl)c1.Cl. The molecule has 2 aliphatic heterocycles. The molecule has 4 nitrogen and oxygen atoms in total. The zero-order chi connectivity index (χ0) is 19.0. The van der Waals surface area contributed by atoms with Crippen molar-refractivity contribution in [2.75, 3.05) is 25.0 Å². The van der Waals surface area contributed by atoms with Crippen molar-refractivity contribution < 1.29 is 4.79 Å². The maximum absolute atomic E-state index is 13.4. The lowest BCUT2D eigenvalue weighted by Crippen LogP contribution is -2.29. The van der Waals surface area contributed by atoms with E-state index in [1.54, 1.807) is 30.1 Å². The molecule has 4 rings (SSSR count). The van der Waals surface area contributed by atoms with Crippen molar-refractivity contribution in [3.05, 3.63) is 69.0 Å². The number of amidine groups is 1. The third-order valence-corrected chi connectivity index (χ3v) is 6.02. The molecule has 0 saturated heterocycles. The van der Waals surface area contributed by atoms with Crippen LogP contribution in [0.2, 0.25) is 10.0 Å². The number of carbonyl (C=O) groups is 1. The summed E-state index contributed by atoms with van der Waals surface area (Å²) < 4.78 is 0. The number of anilines is 1. The fourth-order valence-corrected chi connectivity index (χ4v) is 4.87. The molecule has 0 bridgehead atoms. The van der Waals surface area contributed by atoms with E-state index in [9.17, 15) is 4.79 Å². The Morgan fingerprint density at radius 1 is 1.14 bits per heavy atom. The average Bonchev–Trinajstić information content (AvgIpc) is 3.06. The summed E-state index contributed by atoms with van der Waals surface area (Å²) in [5, 5.41) is 1.88. The number of thioether (sulfide) groups is 1. The number of carbonyl (C=O) groups excluding carboxylic acids is 1. The number of aliphatic imine (C=N–C) groups is 1. The lowest BCUT2D eigenvalue weighted by atomic mass is 10.1. The molecular formula is C20H18Cl3N3OS. The Hall–Kier alpha value is -1.66. The number of benzene rings is 2. The third-order valence-electron chi connectivity index (χ3n) is 4.48. The Morgan fingerprint density at radius 3 is 2.50 bits per heavy atom. The number of fused-ring (bicyclic) bond motifs is 1. The third kappa shape index (κ3) is 4.03. The largest absolute Gasteiger partial charge is 0.319 e. The Bertz CT molecular complexity index is 942. The molecule has 0 spiro atoms. The minimum absolute atomic E-state index is 0. The highest BCUT2D eigenvalue weighted by Crippen LogP contribution is 2.42. The Morgan fingerprint density at radius 2 is 1.82 bits per heavy atom. The summed E-state index contributed by atoms with van der Waals surface area (Å²) in [4.78, 5) is 22.4. The fraction of sp³-hybridized carbons (Fsp3) is 0.200. The van der Waals surface area contributed by atoms with E-state index in [1.165, 1.54) is 11.8 Å². The van der Waals surface area contributed by atoms with Crippen LogP contribution in [0.1, 0.15) is 12.0 Å². The molecule has 0 fully saturated rings. The van der Waals surface area contributed by atoms with E-state index in [0.29, 0.717) is 20.6 Å². The van der Waals surface area contributed by atoms with E-state index >= 15 is 0 Å². The molecule has 1 amide bonds. The highest BCUT2D eigenvalue weighted by Gasteiger charge is 2.36. The van der Waals surface area contributed by atoms with E-state index in [2.05, 4.69) is 9.89 Å². The minimum atomic E-state index is -0.103. The summed E-state index contributed by atoms with van der Waals surface area (Å²) in [5.74, 6) is -0.103. The molecule has 2 aromatic rings. The van der Waals surface area contributed by atoms with Gasteiger partial charge in [0.05, 0.1) is 5.70 Å².